The maximum atomic E-state index is 11.7. The normalized spacial score (nSPS) is 37.7. The highest BCUT2D eigenvalue weighted by atomic mass is 16.7. The molecule has 3 saturated heterocycles. The van der Waals surface area contributed by atoms with E-state index < -0.39 is 0 Å². The fourth-order valence-corrected chi connectivity index (χ4v) is 3.63. The van der Waals surface area contributed by atoms with Crippen LogP contribution in [0.2, 0.25) is 0 Å². The van der Waals surface area contributed by atoms with E-state index >= 15 is 0 Å². The summed E-state index contributed by atoms with van der Waals surface area (Å²) in [5.41, 5.74) is 1.02. The molecule has 1 aromatic rings. The van der Waals surface area contributed by atoms with Gasteiger partial charge in [-0.1, -0.05) is 30.3 Å². The Morgan fingerprint density at radius 2 is 1.65 bits per heavy atom. The first-order chi connectivity index (χ1) is 11.3. The van der Waals surface area contributed by atoms with Crippen molar-refractivity contribution < 1.29 is 23.7 Å². The minimum atomic E-state index is -0.341. The van der Waals surface area contributed by atoms with Crippen LogP contribution in [0.4, 0.5) is 0 Å². The number of hydrogen-bond donors (Lipinski definition) is 0. The summed E-state index contributed by atoms with van der Waals surface area (Å²) < 4.78 is 23.8. The second-order valence-corrected chi connectivity index (χ2v) is 6.46. The Balaban J connectivity index is 1.46. The summed E-state index contributed by atoms with van der Waals surface area (Å²) in [4.78, 5) is 11.7. The van der Waals surface area contributed by atoms with E-state index in [-0.39, 0.29) is 36.7 Å². The van der Waals surface area contributed by atoms with Crippen molar-refractivity contribution in [2.24, 2.45) is 0 Å². The molecule has 0 amide bonds. The van der Waals surface area contributed by atoms with Gasteiger partial charge in [-0.2, -0.15) is 0 Å². The van der Waals surface area contributed by atoms with Crippen LogP contribution >= 0.6 is 0 Å². The zero-order valence-corrected chi connectivity index (χ0v) is 13.1. The van der Waals surface area contributed by atoms with E-state index in [0.29, 0.717) is 13.0 Å². The van der Waals surface area contributed by atoms with Gasteiger partial charge in [-0.15, -0.1) is 0 Å². The zero-order valence-electron chi connectivity index (χ0n) is 13.1. The van der Waals surface area contributed by atoms with Gasteiger partial charge >= 0.3 is 5.97 Å². The highest BCUT2D eigenvalue weighted by molar-refractivity contribution is 5.69. The third kappa shape index (κ3) is 3.27. The van der Waals surface area contributed by atoms with Crippen molar-refractivity contribution >= 4 is 5.97 Å². The monoisotopic (exact) mass is 318 g/mol. The van der Waals surface area contributed by atoms with E-state index in [1.807, 2.05) is 30.3 Å². The van der Waals surface area contributed by atoms with Crippen LogP contribution in [-0.4, -0.2) is 37.0 Å². The van der Waals surface area contributed by atoms with Crippen LogP contribution in [0.3, 0.4) is 0 Å². The van der Waals surface area contributed by atoms with Crippen molar-refractivity contribution in [2.75, 3.05) is 6.61 Å². The fourth-order valence-electron chi connectivity index (χ4n) is 3.63. The lowest BCUT2D eigenvalue weighted by molar-refractivity contribution is -0.270. The fraction of sp³-hybridized carbons (Fsp3) is 0.611. The van der Waals surface area contributed by atoms with Crippen molar-refractivity contribution in [1.29, 1.82) is 0 Å². The van der Waals surface area contributed by atoms with Gasteiger partial charge in [-0.05, 0) is 25.7 Å². The van der Waals surface area contributed by atoms with E-state index in [4.69, 9.17) is 18.9 Å². The molecular formula is C18H22O5. The highest BCUT2D eigenvalue weighted by Gasteiger charge is 2.41. The Hall–Kier alpha value is -1.43. The predicted molar refractivity (Wildman–Crippen MR) is 81.6 cm³/mol. The molecule has 3 heterocycles. The molecule has 5 nitrogen and oxygen atoms in total. The standard InChI is InChI=1S/C18H22O5/c19-17-8-4-7-13-14(22-17)9-10-15-16(21-13)11-20-18(23-15)12-5-2-1-3-6-12/h1-3,5-6,13-16,18H,4,7-11H2/t13-,14+,15-,16+,18+/m0/s1. The third-order valence-corrected chi connectivity index (χ3v) is 4.85. The van der Waals surface area contributed by atoms with Gasteiger partial charge in [-0.3, -0.25) is 4.79 Å². The molecule has 4 rings (SSSR count). The first kappa shape index (κ1) is 15.1. The number of fused-ring (bicyclic) bond motifs is 2. The van der Waals surface area contributed by atoms with Crippen LogP contribution in [-0.2, 0) is 23.7 Å². The average molecular weight is 318 g/mol. The molecule has 3 fully saturated rings. The molecule has 0 saturated carbocycles. The Labute approximate surface area is 135 Å². The summed E-state index contributed by atoms with van der Waals surface area (Å²) in [6, 6.07) is 9.96. The predicted octanol–water partition coefficient (Wildman–Crippen LogP) is 2.74. The number of rotatable bonds is 1. The molecule has 0 N–H and O–H groups in total. The van der Waals surface area contributed by atoms with Crippen molar-refractivity contribution in [1.82, 2.24) is 0 Å². The molecule has 23 heavy (non-hydrogen) atoms. The average Bonchev–Trinajstić information content (AvgIpc) is 2.85. The number of carbonyl (C=O) groups excluding carboxylic acids is 1. The molecule has 0 spiro atoms. The summed E-state index contributed by atoms with van der Waals surface area (Å²) in [5, 5.41) is 0. The largest absolute Gasteiger partial charge is 0.460 e. The summed E-state index contributed by atoms with van der Waals surface area (Å²) >= 11 is 0. The quantitative estimate of drug-likeness (QED) is 0.745. The van der Waals surface area contributed by atoms with Crippen LogP contribution in [0.15, 0.2) is 30.3 Å². The third-order valence-electron chi connectivity index (χ3n) is 4.85. The number of ether oxygens (including phenoxy) is 4. The van der Waals surface area contributed by atoms with Gasteiger partial charge in [-0.25, -0.2) is 0 Å². The van der Waals surface area contributed by atoms with Gasteiger partial charge in [0.2, 0.25) is 0 Å². The summed E-state index contributed by atoms with van der Waals surface area (Å²) in [5.74, 6) is -0.106. The van der Waals surface area contributed by atoms with Crippen LogP contribution in [0.1, 0.15) is 44.0 Å². The van der Waals surface area contributed by atoms with Gasteiger partial charge in [0.1, 0.15) is 12.2 Å². The maximum Gasteiger partial charge on any atom is 0.306 e. The van der Waals surface area contributed by atoms with E-state index in [2.05, 4.69) is 0 Å². The van der Waals surface area contributed by atoms with E-state index in [1.165, 1.54) is 0 Å². The first-order valence-corrected chi connectivity index (χ1v) is 8.46. The molecule has 124 valence electrons. The minimum Gasteiger partial charge on any atom is -0.460 e. The Bertz CT molecular complexity index is 546. The SMILES string of the molecule is O=C1CCC[C@@H]2O[C@@H]3CO[C@@H](c4ccccc4)O[C@H]3CC[C@H]2O1. The van der Waals surface area contributed by atoms with Crippen molar-refractivity contribution in [3.63, 3.8) is 0 Å². The van der Waals surface area contributed by atoms with Crippen LogP contribution < -0.4 is 0 Å². The van der Waals surface area contributed by atoms with Gasteiger partial charge in [0.05, 0.1) is 18.8 Å². The van der Waals surface area contributed by atoms with Gasteiger partial charge in [0.15, 0.2) is 6.29 Å². The smallest absolute Gasteiger partial charge is 0.306 e. The van der Waals surface area contributed by atoms with Crippen LogP contribution in [0, 0.1) is 0 Å². The van der Waals surface area contributed by atoms with E-state index in [9.17, 15) is 4.79 Å². The molecule has 1 aromatic carbocycles. The molecule has 0 aromatic heterocycles. The second kappa shape index (κ2) is 6.59. The number of esters is 1. The molecule has 3 aliphatic heterocycles. The van der Waals surface area contributed by atoms with E-state index in [1.54, 1.807) is 0 Å². The molecule has 0 radical (unpaired) electrons. The molecule has 0 bridgehead atoms. The molecule has 0 unspecified atom stereocenters. The molecular weight excluding hydrogens is 296 g/mol. The van der Waals surface area contributed by atoms with Crippen molar-refractivity contribution in [3.8, 4) is 0 Å². The molecule has 5 atom stereocenters. The first-order valence-electron chi connectivity index (χ1n) is 8.46. The Morgan fingerprint density at radius 3 is 2.52 bits per heavy atom. The van der Waals surface area contributed by atoms with E-state index in [0.717, 1.165) is 31.2 Å². The van der Waals surface area contributed by atoms with Crippen LogP contribution in [0.5, 0.6) is 0 Å². The maximum absolute atomic E-state index is 11.7. The topological polar surface area (TPSA) is 54.0 Å². The highest BCUT2D eigenvalue weighted by Crippen LogP contribution is 2.35. The number of carbonyl (C=O) groups is 1. The van der Waals surface area contributed by atoms with Gasteiger partial charge in [0.25, 0.3) is 0 Å². The number of hydrogen-bond acceptors (Lipinski definition) is 5. The Morgan fingerprint density at radius 1 is 0.870 bits per heavy atom. The van der Waals surface area contributed by atoms with Crippen molar-refractivity contribution in [3.05, 3.63) is 35.9 Å². The lowest BCUT2D eigenvalue weighted by Gasteiger charge is -2.36. The van der Waals surface area contributed by atoms with Crippen molar-refractivity contribution in [2.45, 2.75) is 62.8 Å². The molecule has 0 aliphatic carbocycles. The zero-order chi connectivity index (χ0) is 15.6. The summed E-state index contributed by atoms with van der Waals surface area (Å²) in [6.07, 6.45) is 3.19. The summed E-state index contributed by atoms with van der Waals surface area (Å²) in [6.45, 7) is 0.515. The molecule has 3 aliphatic rings. The minimum absolute atomic E-state index is 0.0143. The van der Waals surface area contributed by atoms with Crippen LogP contribution in [0.25, 0.3) is 0 Å². The number of benzene rings is 1. The second-order valence-electron chi connectivity index (χ2n) is 6.46. The van der Waals surface area contributed by atoms with Gasteiger partial charge in [0, 0.05) is 12.0 Å². The Kier molecular flexibility index (Phi) is 4.33. The lowest BCUT2D eigenvalue weighted by Crippen LogP contribution is -2.43. The lowest BCUT2D eigenvalue weighted by atomic mass is 10.0. The van der Waals surface area contributed by atoms with Gasteiger partial charge < -0.3 is 18.9 Å². The summed E-state index contributed by atoms with van der Waals surface area (Å²) in [7, 11) is 0. The molecule has 5 heteroatoms.